The maximum Gasteiger partial charge on any atom is 0.175 e. The van der Waals surface area contributed by atoms with E-state index in [1.807, 2.05) is 23.9 Å². The van der Waals surface area contributed by atoms with E-state index in [2.05, 4.69) is 26.0 Å². The zero-order chi connectivity index (χ0) is 13.7. The van der Waals surface area contributed by atoms with Gasteiger partial charge in [0.05, 0.1) is 5.25 Å². The highest BCUT2D eigenvalue weighted by molar-refractivity contribution is 8.01. The van der Waals surface area contributed by atoms with Crippen molar-refractivity contribution in [2.24, 2.45) is 0 Å². The Hall–Kier alpha value is -0.760. The van der Waals surface area contributed by atoms with Gasteiger partial charge in [0.15, 0.2) is 5.78 Å². The van der Waals surface area contributed by atoms with Gasteiger partial charge >= 0.3 is 0 Å². The summed E-state index contributed by atoms with van der Waals surface area (Å²) in [5.74, 6) is 0.290. The number of hydrogen-bond donors (Lipinski definition) is 0. The van der Waals surface area contributed by atoms with Gasteiger partial charge in [0.2, 0.25) is 0 Å². The van der Waals surface area contributed by atoms with Crippen molar-refractivity contribution in [3.8, 4) is 0 Å². The second-order valence-corrected chi connectivity index (χ2v) is 7.10. The summed E-state index contributed by atoms with van der Waals surface area (Å²) in [5, 5.41) is 0.790. The second kappa shape index (κ2) is 7.14. The number of Topliss-reactive ketones (excluding diaryl/α,β-unsaturated/α-hetero) is 1. The lowest BCUT2D eigenvalue weighted by Gasteiger charge is -2.23. The highest BCUT2D eigenvalue weighted by Crippen LogP contribution is 2.32. The van der Waals surface area contributed by atoms with E-state index in [1.165, 1.54) is 37.7 Å². The molecule has 0 aromatic heterocycles. The number of benzene rings is 1. The highest BCUT2D eigenvalue weighted by atomic mass is 32.2. The van der Waals surface area contributed by atoms with Crippen molar-refractivity contribution in [2.75, 3.05) is 0 Å². The van der Waals surface area contributed by atoms with E-state index >= 15 is 0 Å². The highest BCUT2D eigenvalue weighted by Gasteiger charge is 2.22. The minimum Gasteiger partial charge on any atom is -0.293 e. The Labute approximate surface area is 121 Å². The number of thioether (sulfide) groups is 1. The fourth-order valence-corrected chi connectivity index (χ4v) is 4.13. The molecule has 0 radical (unpaired) electrons. The topological polar surface area (TPSA) is 17.1 Å². The second-order valence-electron chi connectivity index (χ2n) is 5.45. The van der Waals surface area contributed by atoms with Crippen LogP contribution >= 0.6 is 11.8 Å². The van der Waals surface area contributed by atoms with Crippen molar-refractivity contribution in [3.05, 3.63) is 35.4 Å². The van der Waals surface area contributed by atoms with Crippen molar-refractivity contribution in [1.82, 2.24) is 0 Å². The van der Waals surface area contributed by atoms with Crippen molar-refractivity contribution in [2.45, 2.75) is 62.9 Å². The van der Waals surface area contributed by atoms with Gasteiger partial charge in [-0.3, -0.25) is 4.79 Å². The molecule has 0 aliphatic heterocycles. The summed E-state index contributed by atoms with van der Waals surface area (Å²) >= 11 is 1.88. The van der Waals surface area contributed by atoms with Gasteiger partial charge in [0.25, 0.3) is 0 Å². The molecule has 0 spiro atoms. The first-order valence-electron chi connectivity index (χ1n) is 7.49. The van der Waals surface area contributed by atoms with E-state index < -0.39 is 0 Å². The molecule has 0 unspecified atom stereocenters. The van der Waals surface area contributed by atoms with Gasteiger partial charge in [-0.15, -0.1) is 11.8 Å². The fourth-order valence-electron chi connectivity index (χ4n) is 2.69. The first kappa shape index (κ1) is 14.6. The Morgan fingerprint density at radius 2 is 1.84 bits per heavy atom. The van der Waals surface area contributed by atoms with Crippen LogP contribution in [0.2, 0.25) is 0 Å². The third-order valence-corrected chi connectivity index (χ3v) is 5.44. The van der Waals surface area contributed by atoms with Gasteiger partial charge in [-0.25, -0.2) is 0 Å². The van der Waals surface area contributed by atoms with Gasteiger partial charge in [0.1, 0.15) is 0 Å². The van der Waals surface area contributed by atoms with Gasteiger partial charge in [-0.05, 0) is 31.7 Å². The molecule has 1 aliphatic rings. The molecule has 19 heavy (non-hydrogen) atoms. The predicted molar refractivity (Wildman–Crippen MR) is 84.1 cm³/mol. The Kier molecular flexibility index (Phi) is 5.50. The summed E-state index contributed by atoms with van der Waals surface area (Å²) in [6.45, 7) is 4.20. The number of hydrogen-bond acceptors (Lipinski definition) is 2. The maximum atomic E-state index is 12.4. The van der Waals surface area contributed by atoms with Crippen LogP contribution in [-0.4, -0.2) is 16.3 Å². The molecule has 1 aliphatic carbocycles. The smallest absolute Gasteiger partial charge is 0.175 e. The fraction of sp³-hybridized carbons (Fsp3) is 0.588. The van der Waals surface area contributed by atoms with Gasteiger partial charge < -0.3 is 0 Å². The van der Waals surface area contributed by atoms with Crippen LogP contribution in [0.25, 0.3) is 0 Å². The van der Waals surface area contributed by atoms with Crippen LogP contribution in [0.3, 0.4) is 0 Å². The first-order chi connectivity index (χ1) is 9.20. The number of ketones is 1. The Morgan fingerprint density at radius 3 is 2.42 bits per heavy atom. The standard InChI is InChI=1S/C17H24OS/c1-3-14-9-11-15(12-10-14)17(18)13(2)19-16-7-5-4-6-8-16/h9-13,16H,3-8H2,1-2H3/t13-/m1/s1. The third kappa shape index (κ3) is 4.10. The molecule has 1 atom stereocenters. The molecule has 0 saturated heterocycles. The lowest BCUT2D eigenvalue weighted by molar-refractivity contribution is 0.0993. The first-order valence-corrected chi connectivity index (χ1v) is 8.43. The largest absolute Gasteiger partial charge is 0.293 e. The maximum absolute atomic E-state index is 12.4. The van der Waals surface area contributed by atoms with Gasteiger partial charge in [0, 0.05) is 10.8 Å². The van der Waals surface area contributed by atoms with Crippen LogP contribution in [-0.2, 0) is 6.42 Å². The Balaban J connectivity index is 1.93. The van der Waals surface area contributed by atoms with Crippen LogP contribution in [0.1, 0.15) is 61.9 Å². The molecule has 1 nitrogen and oxygen atoms in total. The van der Waals surface area contributed by atoms with Crippen LogP contribution < -0.4 is 0 Å². The molecule has 0 heterocycles. The quantitative estimate of drug-likeness (QED) is 0.712. The van der Waals surface area contributed by atoms with Crippen molar-refractivity contribution < 1.29 is 4.79 Å². The average molecular weight is 276 g/mol. The summed E-state index contributed by atoms with van der Waals surface area (Å²) in [6.07, 6.45) is 7.65. The number of rotatable bonds is 5. The van der Waals surface area contributed by atoms with E-state index in [4.69, 9.17) is 0 Å². The van der Waals surface area contributed by atoms with E-state index in [-0.39, 0.29) is 5.25 Å². The van der Waals surface area contributed by atoms with Crippen LogP contribution in [0.5, 0.6) is 0 Å². The molecule has 2 heteroatoms. The molecule has 1 fully saturated rings. The molecule has 1 aromatic rings. The van der Waals surface area contributed by atoms with Gasteiger partial charge in [-0.1, -0.05) is 50.5 Å². The zero-order valence-electron chi connectivity index (χ0n) is 12.0. The minimum absolute atomic E-state index is 0.0931. The van der Waals surface area contributed by atoms with Gasteiger partial charge in [-0.2, -0.15) is 0 Å². The number of aryl methyl sites for hydroxylation is 1. The van der Waals surface area contributed by atoms with E-state index in [9.17, 15) is 4.79 Å². The minimum atomic E-state index is 0.0931. The normalized spacial score (nSPS) is 18.2. The van der Waals surface area contributed by atoms with E-state index in [1.54, 1.807) is 0 Å². The SMILES string of the molecule is CCc1ccc(C(=O)[C@@H](C)SC2CCCCC2)cc1. The Bertz CT molecular complexity index is 404. The molecule has 0 amide bonds. The molecule has 0 N–H and O–H groups in total. The summed E-state index contributed by atoms with van der Waals surface area (Å²) in [7, 11) is 0. The zero-order valence-corrected chi connectivity index (χ0v) is 12.8. The van der Waals surface area contributed by atoms with E-state index in [0.29, 0.717) is 11.0 Å². The monoisotopic (exact) mass is 276 g/mol. The van der Waals surface area contributed by atoms with Crippen LogP contribution in [0, 0.1) is 0 Å². The lowest BCUT2D eigenvalue weighted by Crippen LogP contribution is -2.19. The third-order valence-electron chi connectivity index (χ3n) is 3.96. The predicted octanol–water partition coefficient (Wildman–Crippen LogP) is 4.89. The summed E-state index contributed by atoms with van der Waals surface area (Å²) in [5.41, 5.74) is 2.16. The molecule has 0 bridgehead atoms. The summed E-state index contributed by atoms with van der Waals surface area (Å²) in [4.78, 5) is 12.4. The molecule has 1 aromatic carbocycles. The van der Waals surface area contributed by atoms with Crippen LogP contribution in [0.4, 0.5) is 0 Å². The van der Waals surface area contributed by atoms with Crippen LogP contribution in [0.15, 0.2) is 24.3 Å². The average Bonchev–Trinajstić information content (AvgIpc) is 2.47. The lowest BCUT2D eigenvalue weighted by atomic mass is 10.0. The molecule has 2 rings (SSSR count). The van der Waals surface area contributed by atoms with Crippen molar-refractivity contribution in [3.63, 3.8) is 0 Å². The molecule has 1 saturated carbocycles. The molecular weight excluding hydrogens is 252 g/mol. The molecule has 104 valence electrons. The number of carbonyl (C=O) groups is 1. The summed E-state index contributed by atoms with van der Waals surface area (Å²) < 4.78 is 0. The molecular formula is C17H24OS. The Morgan fingerprint density at radius 1 is 1.21 bits per heavy atom. The van der Waals surface area contributed by atoms with E-state index in [0.717, 1.165) is 12.0 Å². The number of carbonyl (C=O) groups excluding carboxylic acids is 1. The summed E-state index contributed by atoms with van der Waals surface area (Å²) in [6, 6.07) is 8.12. The van der Waals surface area contributed by atoms with Crippen molar-refractivity contribution in [1.29, 1.82) is 0 Å². The van der Waals surface area contributed by atoms with Crippen molar-refractivity contribution >= 4 is 17.5 Å².